The standard InChI is InChI=1S/C24H29N3O3/c1-18-5-3-6-19(15-18)26-21-7-8-25-22-17-23(28-2)24(16-20(21)22)30-12-4-9-27-10-13-29-14-11-27/h3,5-8,15-17H,4,9-14H2,1-2H3,(H,25,26). The first-order valence-electron chi connectivity index (χ1n) is 10.5. The topological polar surface area (TPSA) is 55.8 Å². The fraction of sp³-hybridized carbons (Fsp3) is 0.375. The first-order valence-corrected chi connectivity index (χ1v) is 10.5. The second-order valence-corrected chi connectivity index (χ2v) is 7.53. The van der Waals surface area contributed by atoms with Gasteiger partial charge in [0.05, 0.1) is 32.4 Å². The van der Waals surface area contributed by atoms with Crippen LogP contribution in [0.15, 0.2) is 48.7 Å². The lowest BCUT2D eigenvalue weighted by atomic mass is 10.1. The van der Waals surface area contributed by atoms with E-state index in [1.54, 1.807) is 7.11 Å². The summed E-state index contributed by atoms with van der Waals surface area (Å²) in [5.41, 5.74) is 4.12. The summed E-state index contributed by atoms with van der Waals surface area (Å²) < 4.78 is 17.1. The number of morpholine rings is 1. The van der Waals surface area contributed by atoms with E-state index in [1.807, 2.05) is 30.5 Å². The minimum Gasteiger partial charge on any atom is -0.493 e. The quantitative estimate of drug-likeness (QED) is 0.559. The Morgan fingerprint density at radius 1 is 1.10 bits per heavy atom. The van der Waals surface area contributed by atoms with Gasteiger partial charge in [0.25, 0.3) is 0 Å². The lowest BCUT2D eigenvalue weighted by Crippen LogP contribution is -2.37. The van der Waals surface area contributed by atoms with Gasteiger partial charge in [-0.15, -0.1) is 0 Å². The average Bonchev–Trinajstić information content (AvgIpc) is 2.77. The summed E-state index contributed by atoms with van der Waals surface area (Å²) in [6.45, 7) is 7.38. The number of ether oxygens (including phenoxy) is 3. The molecular formula is C24H29N3O3. The number of benzene rings is 2. The monoisotopic (exact) mass is 407 g/mol. The lowest BCUT2D eigenvalue weighted by Gasteiger charge is -2.26. The van der Waals surface area contributed by atoms with Crippen molar-refractivity contribution in [2.24, 2.45) is 0 Å². The van der Waals surface area contributed by atoms with E-state index in [2.05, 4.69) is 40.3 Å². The molecule has 1 fully saturated rings. The summed E-state index contributed by atoms with van der Waals surface area (Å²) >= 11 is 0. The number of methoxy groups -OCH3 is 1. The molecule has 0 radical (unpaired) electrons. The Kier molecular flexibility index (Phi) is 6.67. The molecule has 6 heteroatoms. The van der Waals surface area contributed by atoms with Crippen molar-refractivity contribution < 1.29 is 14.2 Å². The molecule has 0 saturated carbocycles. The van der Waals surface area contributed by atoms with Crippen molar-refractivity contribution in [2.45, 2.75) is 13.3 Å². The van der Waals surface area contributed by atoms with Crippen LogP contribution in [0.4, 0.5) is 11.4 Å². The molecule has 4 rings (SSSR count). The van der Waals surface area contributed by atoms with E-state index < -0.39 is 0 Å². The number of aryl methyl sites for hydroxylation is 1. The maximum Gasteiger partial charge on any atom is 0.162 e. The fourth-order valence-electron chi connectivity index (χ4n) is 3.71. The van der Waals surface area contributed by atoms with Crippen molar-refractivity contribution in [3.8, 4) is 11.5 Å². The molecular weight excluding hydrogens is 378 g/mol. The molecule has 1 aliphatic heterocycles. The van der Waals surface area contributed by atoms with Crippen LogP contribution in [0.3, 0.4) is 0 Å². The van der Waals surface area contributed by atoms with Crippen molar-refractivity contribution in [2.75, 3.05) is 51.9 Å². The maximum atomic E-state index is 6.11. The second-order valence-electron chi connectivity index (χ2n) is 7.53. The van der Waals surface area contributed by atoms with E-state index in [0.717, 1.165) is 67.3 Å². The number of nitrogens with one attached hydrogen (secondary N) is 1. The predicted octanol–water partition coefficient (Wildman–Crippen LogP) is 4.40. The molecule has 6 nitrogen and oxygen atoms in total. The maximum absolute atomic E-state index is 6.11. The summed E-state index contributed by atoms with van der Waals surface area (Å²) in [5, 5.41) is 4.51. The first kappa shape index (κ1) is 20.4. The van der Waals surface area contributed by atoms with Gasteiger partial charge in [-0.05, 0) is 43.2 Å². The number of hydrogen-bond acceptors (Lipinski definition) is 6. The highest BCUT2D eigenvalue weighted by Crippen LogP contribution is 2.35. The first-order chi connectivity index (χ1) is 14.7. The number of nitrogens with zero attached hydrogens (tertiary/aromatic N) is 2. The van der Waals surface area contributed by atoms with Gasteiger partial charge in [0, 0.05) is 48.7 Å². The smallest absolute Gasteiger partial charge is 0.162 e. The number of pyridine rings is 1. The number of hydrogen-bond donors (Lipinski definition) is 1. The molecule has 30 heavy (non-hydrogen) atoms. The lowest BCUT2D eigenvalue weighted by molar-refractivity contribution is 0.0357. The summed E-state index contributed by atoms with van der Waals surface area (Å²) in [6, 6.07) is 14.3. The van der Waals surface area contributed by atoms with E-state index in [0.29, 0.717) is 12.4 Å². The Morgan fingerprint density at radius 3 is 2.77 bits per heavy atom. The summed E-state index contributed by atoms with van der Waals surface area (Å²) in [4.78, 5) is 6.93. The van der Waals surface area contributed by atoms with E-state index in [4.69, 9.17) is 14.2 Å². The highest BCUT2D eigenvalue weighted by Gasteiger charge is 2.13. The van der Waals surface area contributed by atoms with Crippen molar-refractivity contribution in [1.82, 2.24) is 9.88 Å². The largest absolute Gasteiger partial charge is 0.493 e. The van der Waals surface area contributed by atoms with E-state index in [1.165, 1.54) is 5.56 Å². The van der Waals surface area contributed by atoms with Crippen LogP contribution >= 0.6 is 0 Å². The summed E-state index contributed by atoms with van der Waals surface area (Å²) in [5.74, 6) is 1.45. The van der Waals surface area contributed by atoms with Crippen molar-refractivity contribution in [3.63, 3.8) is 0 Å². The zero-order chi connectivity index (χ0) is 20.8. The molecule has 1 N–H and O–H groups in total. The van der Waals surface area contributed by atoms with Crippen molar-refractivity contribution in [1.29, 1.82) is 0 Å². The number of anilines is 2. The second kappa shape index (κ2) is 9.78. The highest BCUT2D eigenvalue weighted by atomic mass is 16.5. The molecule has 0 amide bonds. The average molecular weight is 408 g/mol. The molecule has 3 aromatic rings. The van der Waals surface area contributed by atoms with Crippen LogP contribution in [0.5, 0.6) is 11.5 Å². The molecule has 2 heterocycles. The SMILES string of the molecule is COc1cc2nccc(Nc3cccc(C)c3)c2cc1OCCCN1CCOCC1. The summed E-state index contributed by atoms with van der Waals surface area (Å²) in [6.07, 6.45) is 2.77. The Morgan fingerprint density at radius 2 is 1.97 bits per heavy atom. The van der Waals surface area contributed by atoms with Crippen LogP contribution in [0.1, 0.15) is 12.0 Å². The van der Waals surface area contributed by atoms with Crippen molar-refractivity contribution in [3.05, 3.63) is 54.2 Å². The van der Waals surface area contributed by atoms with Crippen LogP contribution in [0.2, 0.25) is 0 Å². The molecule has 0 spiro atoms. The molecule has 1 saturated heterocycles. The Labute approximate surface area is 177 Å². The predicted molar refractivity (Wildman–Crippen MR) is 120 cm³/mol. The molecule has 0 unspecified atom stereocenters. The van der Waals surface area contributed by atoms with Gasteiger partial charge in [0.1, 0.15) is 0 Å². The third-order valence-electron chi connectivity index (χ3n) is 5.30. The normalized spacial score (nSPS) is 14.6. The van der Waals surface area contributed by atoms with Gasteiger partial charge >= 0.3 is 0 Å². The van der Waals surface area contributed by atoms with Gasteiger partial charge in [-0.1, -0.05) is 12.1 Å². The zero-order valence-corrected chi connectivity index (χ0v) is 17.7. The Balaban J connectivity index is 1.50. The number of aromatic nitrogens is 1. The van der Waals surface area contributed by atoms with Gasteiger partial charge in [-0.3, -0.25) is 9.88 Å². The molecule has 1 aliphatic rings. The van der Waals surface area contributed by atoms with Crippen LogP contribution in [0.25, 0.3) is 10.9 Å². The van der Waals surface area contributed by atoms with Gasteiger partial charge in [0.15, 0.2) is 11.5 Å². The van der Waals surface area contributed by atoms with E-state index in [9.17, 15) is 0 Å². The third kappa shape index (κ3) is 5.01. The van der Waals surface area contributed by atoms with Gasteiger partial charge < -0.3 is 19.5 Å². The number of rotatable bonds is 8. The Hall–Kier alpha value is -2.83. The zero-order valence-electron chi connectivity index (χ0n) is 17.7. The minimum absolute atomic E-state index is 0.639. The van der Waals surface area contributed by atoms with Crippen molar-refractivity contribution >= 4 is 22.3 Å². The van der Waals surface area contributed by atoms with Gasteiger partial charge in [-0.2, -0.15) is 0 Å². The minimum atomic E-state index is 0.639. The third-order valence-corrected chi connectivity index (χ3v) is 5.30. The molecule has 2 aromatic carbocycles. The summed E-state index contributed by atoms with van der Waals surface area (Å²) in [7, 11) is 1.66. The van der Waals surface area contributed by atoms with Crippen LogP contribution in [-0.2, 0) is 4.74 Å². The van der Waals surface area contributed by atoms with E-state index >= 15 is 0 Å². The van der Waals surface area contributed by atoms with Crippen LogP contribution < -0.4 is 14.8 Å². The molecule has 0 aliphatic carbocycles. The van der Waals surface area contributed by atoms with Gasteiger partial charge in [0.2, 0.25) is 0 Å². The molecule has 158 valence electrons. The molecule has 0 bridgehead atoms. The number of fused-ring (bicyclic) bond motifs is 1. The Bertz CT molecular complexity index is 987. The molecule has 1 aromatic heterocycles. The van der Waals surface area contributed by atoms with E-state index in [-0.39, 0.29) is 0 Å². The van der Waals surface area contributed by atoms with Crippen LogP contribution in [-0.4, -0.2) is 56.4 Å². The fourth-order valence-corrected chi connectivity index (χ4v) is 3.71. The van der Waals surface area contributed by atoms with Crippen LogP contribution in [0, 0.1) is 6.92 Å². The highest BCUT2D eigenvalue weighted by molar-refractivity contribution is 5.95. The molecule has 0 atom stereocenters. The van der Waals surface area contributed by atoms with Gasteiger partial charge in [-0.25, -0.2) is 0 Å².